The molecule has 0 aromatic heterocycles. The molecule has 2 aliphatic rings. The van der Waals surface area contributed by atoms with Crippen molar-refractivity contribution in [2.45, 2.75) is 76.4 Å². The summed E-state index contributed by atoms with van der Waals surface area (Å²) in [6.45, 7) is 7.45. The van der Waals surface area contributed by atoms with E-state index >= 15 is 0 Å². The van der Waals surface area contributed by atoms with E-state index in [1.165, 1.54) is 23.1 Å². The van der Waals surface area contributed by atoms with Gasteiger partial charge in [0.15, 0.2) is 0 Å². The number of hydrogen-bond donors (Lipinski definition) is 0. The van der Waals surface area contributed by atoms with Gasteiger partial charge in [0.2, 0.25) is 5.91 Å². The van der Waals surface area contributed by atoms with Gasteiger partial charge in [0, 0.05) is 6.54 Å². The molecule has 1 aliphatic carbocycles. The second-order valence-electron chi connectivity index (χ2n) is 10.5. The van der Waals surface area contributed by atoms with Crippen LogP contribution in [0.3, 0.4) is 0 Å². The van der Waals surface area contributed by atoms with Crippen LogP contribution in [0.25, 0.3) is 0 Å². The molecule has 2 fully saturated rings. The molecule has 32 heavy (non-hydrogen) atoms. The summed E-state index contributed by atoms with van der Waals surface area (Å²) in [6.07, 6.45) is 6.29. The molecule has 0 N–H and O–H groups in total. The molecule has 0 radical (unpaired) electrons. The number of carbonyl (C=O) groups excluding carboxylic acids is 1. The van der Waals surface area contributed by atoms with Gasteiger partial charge in [-0.25, -0.2) is 0 Å². The van der Waals surface area contributed by atoms with E-state index in [1.807, 2.05) is 12.1 Å². The molecule has 4 nitrogen and oxygen atoms in total. The normalized spacial score (nSPS) is 21.3. The van der Waals surface area contributed by atoms with Gasteiger partial charge in [-0.3, -0.25) is 9.69 Å². The number of likely N-dealkylation sites (N-methyl/N-ethyl adjacent to an activating group) is 1. The van der Waals surface area contributed by atoms with Crippen molar-refractivity contribution in [3.8, 4) is 5.75 Å². The Kier molecular flexibility index (Phi) is 6.35. The molecule has 2 aromatic carbocycles. The summed E-state index contributed by atoms with van der Waals surface area (Å²) in [6, 6.07) is 17.1. The number of hydrogen-bond acceptors (Lipinski definition) is 3. The predicted octanol–water partition coefficient (Wildman–Crippen LogP) is 5.71. The average molecular weight is 435 g/mol. The van der Waals surface area contributed by atoms with Crippen molar-refractivity contribution >= 4 is 5.91 Å². The second-order valence-corrected chi connectivity index (χ2v) is 10.5. The summed E-state index contributed by atoms with van der Waals surface area (Å²) < 4.78 is 5.29. The fraction of sp³-hybridized carbons (Fsp3) is 0.536. The molecule has 0 bridgehead atoms. The molecule has 1 amide bonds. The van der Waals surface area contributed by atoms with Gasteiger partial charge in [0.25, 0.3) is 0 Å². The van der Waals surface area contributed by atoms with Crippen LogP contribution in [-0.2, 0) is 16.6 Å². The van der Waals surface area contributed by atoms with Crippen LogP contribution >= 0.6 is 0 Å². The topological polar surface area (TPSA) is 32.8 Å². The number of amides is 1. The van der Waals surface area contributed by atoms with Gasteiger partial charge in [-0.2, -0.15) is 0 Å². The molecule has 2 aromatic rings. The minimum absolute atomic E-state index is 0.00660. The van der Waals surface area contributed by atoms with E-state index in [4.69, 9.17) is 4.74 Å². The van der Waals surface area contributed by atoms with Crippen molar-refractivity contribution in [2.24, 2.45) is 0 Å². The summed E-state index contributed by atoms with van der Waals surface area (Å²) in [5, 5.41) is 0. The highest BCUT2D eigenvalue weighted by Crippen LogP contribution is 2.46. The Morgan fingerprint density at radius 2 is 1.59 bits per heavy atom. The zero-order valence-electron chi connectivity index (χ0n) is 20.4. The van der Waals surface area contributed by atoms with E-state index in [1.54, 1.807) is 7.11 Å². The van der Waals surface area contributed by atoms with Crippen LogP contribution in [0.15, 0.2) is 48.5 Å². The number of nitrogens with zero attached hydrogens (tertiary/aromatic N) is 2. The molecule has 4 heteroatoms. The van der Waals surface area contributed by atoms with Crippen molar-refractivity contribution in [3.05, 3.63) is 65.2 Å². The lowest BCUT2D eigenvalue weighted by molar-refractivity contribution is -0.135. The zero-order chi connectivity index (χ0) is 22.9. The minimum Gasteiger partial charge on any atom is -0.497 e. The number of methoxy groups -OCH3 is 1. The Balaban J connectivity index is 1.63. The third-order valence-corrected chi connectivity index (χ3v) is 7.55. The van der Waals surface area contributed by atoms with Gasteiger partial charge in [0.05, 0.1) is 7.11 Å². The maximum absolute atomic E-state index is 13.9. The largest absolute Gasteiger partial charge is 0.497 e. The van der Waals surface area contributed by atoms with Gasteiger partial charge >= 0.3 is 0 Å². The fourth-order valence-electron chi connectivity index (χ4n) is 5.50. The van der Waals surface area contributed by atoms with E-state index in [9.17, 15) is 4.79 Å². The van der Waals surface area contributed by atoms with Crippen LogP contribution in [0.4, 0.5) is 0 Å². The SMILES string of the molecule is COc1ccc(CCN2C(=O)C3(CCCCC3)N(C)C2c2ccc(C(C)(C)C)cc2)cc1. The molecule has 1 saturated heterocycles. The van der Waals surface area contributed by atoms with Crippen LogP contribution in [0.1, 0.15) is 75.7 Å². The quantitative estimate of drug-likeness (QED) is 0.604. The van der Waals surface area contributed by atoms with Crippen molar-refractivity contribution < 1.29 is 9.53 Å². The first-order valence-corrected chi connectivity index (χ1v) is 12.0. The Labute approximate surface area is 193 Å². The zero-order valence-corrected chi connectivity index (χ0v) is 20.4. The maximum atomic E-state index is 13.9. The lowest BCUT2D eigenvalue weighted by Gasteiger charge is -2.38. The Morgan fingerprint density at radius 1 is 0.969 bits per heavy atom. The summed E-state index contributed by atoms with van der Waals surface area (Å²) in [7, 11) is 3.85. The monoisotopic (exact) mass is 434 g/mol. The Hall–Kier alpha value is -2.33. The number of rotatable bonds is 5. The molecule has 4 rings (SSSR count). The molecule has 1 heterocycles. The highest BCUT2D eigenvalue weighted by Gasteiger charge is 2.55. The predicted molar refractivity (Wildman–Crippen MR) is 130 cm³/mol. The van der Waals surface area contributed by atoms with Gasteiger partial charge in [-0.05, 0) is 60.5 Å². The number of carbonyl (C=O) groups is 1. The van der Waals surface area contributed by atoms with Crippen molar-refractivity contribution in [1.29, 1.82) is 0 Å². The first-order chi connectivity index (χ1) is 15.3. The molecule has 1 unspecified atom stereocenters. The Bertz CT molecular complexity index is 921. The van der Waals surface area contributed by atoms with Crippen LogP contribution in [0, 0.1) is 0 Å². The maximum Gasteiger partial charge on any atom is 0.244 e. The molecular weight excluding hydrogens is 396 g/mol. The van der Waals surface area contributed by atoms with E-state index < -0.39 is 0 Å². The van der Waals surface area contributed by atoms with Crippen LogP contribution in [-0.4, -0.2) is 41.9 Å². The van der Waals surface area contributed by atoms with Crippen molar-refractivity contribution in [1.82, 2.24) is 9.80 Å². The minimum atomic E-state index is -0.342. The molecule has 1 atom stereocenters. The molecular formula is C28H38N2O2. The second kappa shape index (κ2) is 8.90. The van der Waals surface area contributed by atoms with Crippen molar-refractivity contribution in [3.63, 3.8) is 0 Å². The summed E-state index contributed by atoms with van der Waals surface area (Å²) >= 11 is 0. The highest BCUT2D eigenvalue weighted by atomic mass is 16.5. The molecule has 1 aliphatic heterocycles. The van der Waals surface area contributed by atoms with E-state index in [0.717, 1.165) is 44.4 Å². The van der Waals surface area contributed by atoms with Gasteiger partial charge < -0.3 is 9.64 Å². The smallest absolute Gasteiger partial charge is 0.244 e. The van der Waals surface area contributed by atoms with E-state index in [0.29, 0.717) is 5.91 Å². The first kappa shape index (κ1) is 22.8. The summed E-state index contributed by atoms with van der Waals surface area (Å²) in [5.41, 5.74) is 3.55. The van der Waals surface area contributed by atoms with Crippen LogP contribution in [0.2, 0.25) is 0 Å². The molecule has 1 saturated carbocycles. The Morgan fingerprint density at radius 3 is 2.16 bits per heavy atom. The number of ether oxygens (including phenoxy) is 1. The van der Waals surface area contributed by atoms with Crippen LogP contribution in [0.5, 0.6) is 5.75 Å². The standard InChI is InChI=1S/C28H38N2O2/c1-27(2,3)23-13-11-22(12-14-23)25-29(4)28(18-7-6-8-19-28)26(31)30(25)20-17-21-9-15-24(32-5)16-10-21/h9-16,25H,6-8,17-20H2,1-5H3. The summed E-state index contributed by atoms with van der Waals surface area (Å²) in [5.74, 6) is 1.18. The van der Waals surface area contributed by atoms with Gasteiger partial charge in [-0.1, -0.05) is 76.4 Å². The lowest BCUT2D eigenvalue weighted by atomic mass is 9.80. The first-order valence-electron chi connectivity index (χ1n) is 12.0. The number of benzene rings is 2. The third-order valence-electron chi connectivity index (χ3n) is 7.55. The lowest BCUT2D eigenvalue weighted by Crippen LogP contribution is -2.49. The van der Waals surface area contributed by atoms with E-state index in [-0.39, 0.29) is 17.1 Å². The molecule has 172 valence electrons. The highest BCUT2D eigenvalue weighted by molar-refractivity contribution is 5.89. The average Bonchev–Trinajstić information content (AvgIpc) is 2.99. The van der Waals surface area contributed by atoms with Crippen molar-refractivity contribution in [2.75, 3.05) is 20.7 Å². The fourth-order valence-corrected chi connectivity index (χ4v) is 5.50. The van der Waals surface area contributed by atoms with E-state index in [2.05, 4.69) is 74.0 Å². The third kappa shape index (κ3) is 4.17. The summed E-state index contributed by atoms with van der Waals surface area (Å²) in [4.78, 5) is 18.4. The van der Waals surface area contributed by atoms with Crippen LogP contribution < -0.4 is 4.74 Å². The molecule has 1 spiro atoms. The van der Waals surface area contributed by atoms with Gasteiger partial charge in [0.1, 0.15) is 17.5 Å². The van der Waals surface area contributed by atoms with Gasteiger partial charge in [-0.15, -0.1) is 0 Å².